The third-order valence-corrected chi connectivity index (χ3v) is 3.47. The topological polar surface area (TPSA) is 92.7 Å². The highest BCUT2D eigenvalue weighted by Gasteiger charge is 2.10. The molecule has 0 amide bonds. The van der Waals surface area contributed by atoms with Crippen LogP contribution < -0.4 is 16.6 Å². The highest BCUT2D eigenvalue weighted by Crippen LogP contribution is 2.17. The van der Waals surface area contributed by atoms with Gasteiger partial charge in [-0.25, -0.2) is 4.79 Å². The largest absolute Gasteiger partial charge is 0.374 e. The first-order chi connectivity index (χ1) is 8.61. The summed E-state index contributed by atoms with van der Waals surface area (Å²) in [6, 6.07) is 0. The molecule has 9 heteroatoms. The molecule has 0 aliphatic heterocycles. The van der Waals surface area contributed by atoms with Crippen molar-refractivity contribution >= 4 is 32.5 Å². The predicted octanol–water partition coefficient (Wildman–Crippen LogP) is 0.631. The monoisotopic (exact) mass is 331 g/mol. The molecule has 0 bridgehead atoms. The van der Waals surface area contributed by atoms with Crippen molar-refractivity contribution in [3.8, 4) is 0 Å². The van der Waals surface area contributed by atoms with Crippen LogP contribution in [-0.4, -0.2) is 25.7 Å². The first-order valence-corrected chi connectivity index (χ1v) is 6.72. The fraction of sp³-hybridized carbons (Fsp3) is 0.333. The second-order valence-corrected chi connectivity index (χ2v) is 5.05. The number of aromatic amines is 1. The predicted molar refractivity (Wildman–Crippen MR) is 72.2 cm³/mol. The van der Waals surface area contributed by atoms with Crippen molar-refractivity contribution in [1.82, 2.24) is 19.1 Å². The van der Waals surface area contributed by atoms with E-state index in [2.05, 4.69) is 35.8 Å². The Labute approximate surface area is 114 Å². The van der Waals surface area contributed by atoms with E-state index in [1.165, 1.54) is 22.3 Å². The number of anilines is 1. The number of nitrogens with zero attached hydrogens (tertiary/aromatic N) is 3. The summed E-state index contributed by atoms with van der Waals surface area (Å²) in [6.45, 7) is 2.97. The van der Waals surface area contributed by atoms with Gasteiger partial charge in [0.05, 0.1) is 11.0 Å². The van der Waals surface area contributed by atoms with E-state index in [-0.39, 0.29) is 6.54 Å². The van der Waals surface area contributed by atoms with Crippen LogP contribution in [-0.2, 0) is 6.54 Å². The van der Waals surface area contributed by atoms with Gasteiger partial charge >= 0.3 is 5.69 Å². The lowest BCUT2D eigenvalue weighted by atomic mass is 10.4. The zero-order chi connectivity index (χ0) is 13.1. The van der Waals surface area contributed by atoms with Crippen LogP contribution in [0.5, 0.6) is 0 Å². The first kappa shape index (κ1) is 13.0. The Morgan fingerprint density at radius 2 is 2.33 bits per heavy atom. The highest BCUT2D eigenvalue weighted by atomic mass is 79.9. The number of hydrogen-bond donors (Lipinski definition) is 2. The van der Waals surface area contributed by atoms with Gasteiger partial charge in [0.15, 0.2) is 0 Å². The Morgan fingerprint density at radius 1 is 1.56 bits per heavy atom. The molecule has 0 fully saturated rings. The maximum atomic E-state index is 11.6. The smallest absolute Gasteiger partial charge is 0.328 e. The van der Waals surface area contributed by atoms with E-state index in [1.807, 2.05) is 6.92 Å². The SMILES string of the molecule is CCNc1snnc1Cn1cc(Br)c(=O)[nH]c1=O. The van der Waals surface area contributed by atoms with Crippen molar-refractivity contribution in [2.24, 2.45) is 0 Å². The summed E-state index contributed by atoms with van der Waals surface area (Å²) in [6.07, 6.45) is 1.44. The van der Waals surface area contributed by atoms with Gasteiger partial charge in [-0.2, -0.15) is 0 Å². The van der Waals surface area contributed by atoms with E-state index in [9.17, 15) is 9.59 Å². The fourth-order valence-corrected chi connectivity index (χ4v) is 2.36. The van der Waals surface area contributed by atoms with Gasteiger partial charge < -0.3 is 5.32 Å². The van der Waals surface area contributed by atoms with Gasteiger partial charge in [0.25, 0.3) is 5.56 Å². The van der Waals surface area contributed by atoms with Crippen LogP contribution in [0.1, 0.15) is 12.6 Å². The molecule has 0 saturated carbocycles. The maximum absolute atomic E-state index is 11.6. The van der Waals surface area contributed by atoms with Crippen LogP contribution in [0.15, 0.2) is 20.3 Å². The second kappa shape index (κ2) is 5.44. The normalized spacial score (nSPS) is 10.6. The number of H-pyrrole nitrogens is 1. The van der Waals surface area contributed by atoms with Crippen molar-refractivity contribution in [2.45, 2.75) is 13.5 Å². The minimum Gasteiger partial charge on any atom is -0.374 e. The molecule has 0 aromatic carbocycles. The minimum atomic E-state index is -0.473. The van der Waals surface area contributed by atoms with Crippen LogP contribution in [0.4, 0.5) is 5.00 Å². The van der Waals surface area contributed by atoms with Crippen LogP contribution >= 0.6 is 27.5 Å². The standard InChI is InChI=1S/C9H10BrN5O2S/c1-2-11-8-6(13-14-18-8)4-15-3-5(10)7(16)12-9(15)17/h3,11H,2,4H2,1H3,(H,12,16,17). The molecule has 2 aromatic rings. The van der Waals surface area contributed by atoms with Gasteiger partial charge in [0, 0.05) is 24.3 Å². The molecule has 2 rings (SSSR count). The Bertz CT molecular complexity index is 661. The molecule has 0 aliphatic carbocycles. The minimum absolute atomic E-state index is 0.257. The van der Waals surface area contributed by atoms with Crippen LogP contribution in [0.2, 0.25) is 0 Å². The summed E-state index contributed by atoms with van der Waals surface area (Å²) in [5.41, 5.74) is -0.249. The molecule has 96 valence electrons. The van der Waals surface area contributed by atoms with Crippen LogP contribution in [0.3, 0.4) is 0 Å². The second-order valence-electron chi connectivity index (χ2n) is 3.44. The molecule has 0 unspecified atom stereocenters. The van der Waals surface area contributed by atoms with Gasteiger partial charge in [-0.1, -0.05) is 4.49 Å². The summed E-state index contributed by atoms with van der Waals surface area (Å²) in [5.74, 6) is 0. The Balaban J connectivity index is 2.34. The van der Waals surface area contributed by atoms with Crippen molar-refractivity contribution in [1.29, 1.82) is 0 Å². The molecule has 18 heavy (non-hydrogen) atoms. The summed E-state index contributed by atoms with van der Waals surface area (Å²) in [7, 11) is 0. The van der Waals surface area contributed by atoms with Crippen LogP contribution in [0.25, 0.3) is 0 Å². The number of nitrogens with one attached hydrogen (secondary N) is 2. The zero-order valence-corrected chi connectivity index (χ0v) is 11.8. The average molecular weight is 332 g/mol. The number of hydrogen-bond acceptors (Lipinski definition) is 6. The Morgan fingerprint density at radius 3 is 3.06 bits per heavy atom. The molecule has 7 nitrogen and oxygen atoms in total. The molecule has 0 atom stereocenters. The summed E-state index contributed by atoms with van der Waals surface area (Å²) in [5, 5.41) is 7.90. The van der Waals surface area contributed by atoms with Gasteiger partial charge in [0.2, 0.25) is 0 Å². The molecule has 2 N–H and O–H groups in total. The summed E-state index contributed by atoms with van der Waals surface area (Å²) >= 11 is 4.32. The van der Waals surface area contributed by atoms with Crippen LogP contribution in [0, 0.1) is 0 Å². The van der Waals surface area contributed by atoms with Gasteiger partial charge in [-0.3, -0.25) is 14.3 Å². The molecular weight excluding hydrogens is 322 g/mol. The lowest BCUT2D eigenvalue weighted by Crippen LogP contribution is -2.30. The zero-order valence-electron chi connectivity index (χ0n) is 9.44. The molecular formula is C9H10BrN5O2S. The average Bonchev–Trinajstić information content (AvgIpc) is 2.74. The third kappa shape index (κ3) is 2.67. The number of aromatic nitrogens is 4. The van der Waals surface area contributed by atoms with E-state index in [0.29, 0.717) is 10.2 Å². The molecule has 0 radical (unpaired) electrons. The molecule has 0 aliphatic rings. The van der Waals surface area contributed by atoms with E-state index in [1.54, 1.807) is 0 Å². The van der Waals surface area contributed by atoms with Crippen molar-refractivity contribution in [3.63, 3.8) is 0 Å². The number of rotatable bonds is 4. The van der Waals surface area contributed by atoms with E-state index in [0.717, 1.165) is 11.5 Å². The Hall–Kier alpha value is -1.48. The lowest BCUT2D eigenvalue weighted by Gasteiger charge is -2.05. The first-order valence-electron chi connectivity index (χ1n) is 5.16. The van der Waals surface area contributed by atoms with Gasteiger partial charge in [0.1, 0.15) is 10.7 Å². The molecule has 2 heterocycles. The van der Waals surface area contributed by atoms with Crippen molar-refractivity contribution < 1.29 is 0 Å². The van der Waals surface area contributed by atoms with Gasteiger partial charge in [-0.15, -0.1) is 5.10 Å². The lowest BCUT2D eigenvalue weighted by molar-refractivity contribution is 0.699. The van der Waals surface area contributed by atoms with E-state index in [4.69, 9.17) is 0 Å². The van der Waals surface area contributed by atoms with Crippen molar-refractivity contribution in [3.05, 3.63) is 37.2 Å². The molecule has 0 spiro atoms. The third-order valence-electron chi connectivity index (χ3n) is 2.18. The number of halogens is 1. The molecule has 0 saturated heterocycles. The Kier molecular flexibility index (Phi) is 3.92. The van der Waals surface area contributed by atoms with E-state index < -0.39 is 11.2 Å². The molecule has 2 aromatic heterocycles. The summed E-state index contributed by atoms with van der Waals surface area (Å²) in [4.78, 5) is 25.0. The fourth-order valence-electron chi connectivity index (χ4n) is 1.37. The maximum Gasteiger partial charge on any atom is 0.328 e. The van der Waals surface area contributed by atoms with Crippen molar-refractivity contribution in [2.75, 3.05) is 11.9 Å². The highest BCUT2D eigenvalue weighted by molar-refractivity contribution is 9.10. The summed E-state index contributed by atoms with van der Waals surface area (Å²) < 4.78 is 5.50. The quantitative estimate of drug-likeness (QED) is 0.857. The van der Waals surface area contributed by atoms with E-state index >= 15 is 0 Å². The van der Waals surface area contributed by atoms with Gasteiger partial charge in [-0.05, 0) is 22.9 Å².